The summed E-state index contributed by atoms with van der Waals surface area (Å²) >= 11 is 0. The van der Waals surface area contributed by atoms with Crippen LogP contribution in [0.1, 0.15) is 36.5 Å². The second kappa shape index (κ2) is 9.43. The van der Waals surface area contributed by atoms with Gasteiger partial charge in [-0.1, -0.05) is 13.0 Å². The number of hydrogen-bond donors (Lipinski definition) is 3. The van der Waals surface area contributed by atoms with E-state index in [1.807, 2.05) is 13.0 Å². The lowest BCUT2D eigenvalue weighted by molar-refractivity contribution is -0.120. The minimum atomic E-state index is -0.104. The molecule has 1 atom stereocenters. The van der Waals surface area contributed by atoms with Crippen LogP contribution in [0.25, 0.3) is 0 Å². The topological polar surface area (TPSA) is 70.2 Å². The first-order chi connectivity index (χ1) is 10.2. The number of carbonyl (C=O) groups is 2. The van der Waals surface area contributed by atoms with Gasteiger partial charge in [-0.25, -0.2) is 0 Å². The molecular formula is C16H24ClN3O2. The van der Waals surface area contributed by atoms with E-state index in [0.717, 1.165) is 32.4 Å². The Labute approximate surface area is 137 Å². The molecule has 1 aromatic rings. The van der Waals surface area contributed by atoms with E-state index in [2.05, 4.69) is 16.0 Å². The van der Waals surface area contributed by atoms with E-state index < -0.39 is 0 Å². The monoisotopic (exact) mass is 325 g/mol. The predicted molar refractivity (Wildman–Crippen MR) is 90.5 cm³/mol. The number of carbonyl (C=O) groups excluding carboxylic acids is 2. The first-order valence-electron chi connectivity index (χ1n) is 7.60. The average molecular weight is 326 g/mol. The molecule has 1 heterocycles. The lowest BCUT2D eigenvalue weighted by atomic mass is 9.98. The van der Waals surface area contributed by atoms with Gasteiger partial charge in [-0.2, -0.15) is 0 Å². The number of amides is 2. The zero-order chi connectivity index (χ0) is 15.1. The van der Waals surface area contributed by atoms with Crippen LogP contribution < -0.4 is 16.0 Å². The van der Waals surface area contributed by atoms with E-state index in [4.69, 9.17) is 0 Å². The van der Waals surface area contributed by atoms with Crippen molar-refractivity contribution in [2.75, 3.05) is 25.0 Å². The van der Waals surface area contributed by atoms with Crippen molar-refractivity contribution in [1.82, 2.24) is 10.6 Å². The maximum absolute atomic E-state index is 12.2. The molecule has 122 valence electrons. The number of nitrogens with one attached hydrogen (secondary N) is 3. The van der Waals surface area contributed by atoms with Crippen LogP contribution in [0.3, 0.4) is 0 Å². The number of piperidine rings is 1. The molecule has 0 saturated carbocycles. The van der Waals surface area contributed by atoms with Gasteiger partial charge >= 0.3 is 0 Å². The van der Waals surface area contributed by atoms with Gasteiger partial charge in [0.1, 0.15) is 0 Å². The number of benzene rings is 1. The third-order valence-electron chi connectivity index (χ3n) is 3.60. The van der Waals surface area contributed by atoms with Gasteiger partial charge in [0.2, 0.25) is 5.91 Å². The lowest BCUT2D eigenvalue weighted by Gasteiger charge is -2.22. The molecule has 0 unspecified atom stereocenters. The Morgan fingerprint density at radius 1 is 1.36 bits per heavy atom. The maximum atomic E-state index is 12.2. The summed E-state index contributed by atoms with van der Waals surface area (Å²) < 4.78 is 0. The number of anilines is 1. The molecule has 3 N–H and O–H groups in total. The molecule has 2 amide bonds. The molecule has 1 saturated heterocycles. The molecule has 1 aromatic carbocycles. The highest BCUT2D eigenvalue weighted by Gasteiger charge is 2.21. The van der Waals surface area contributed by atoms with Crippen LogP contribution in [-0.4, -0.2) is 31.4 Å². The Morgan fingerprint density at radius 3 is 2.86 bits per heavy atom. The fourth-order valence-corrected chi connectivity index (χ4v) is 2.40. The van der Waals surface area contributed by atoms with E-state index in [1.165, 1.54) is 0 Å². The van der Waals surface area contributed by atoms with Crippen LogP contribution in [-0.2, 0) is 4.79 Å². The number of rotatable bonds is 5. The van der Waals surface area contributed by atoms with E-state index in [9.17, 15) is 9.59 Å². The minimum absolute atomic E-state index is 0. The largest absolute Gasteiger partial charge is 0.352 e. The second-order valence-electron chi connectivity index (χ2n) is 5.37. The summed E-state index contributed by atoms with van der Waals surface area (Å²) in [4.78, 5) is 24.1. The minimum Gasteiger partial charge on any atom is -0.352 e. The van der Waals surface area contributed by atoms with Crippen LogP contribution in [0.2, 0.25) is 0 Å². The third kappa shape index (κ3) is 5.31. The van der Waals surface area contributed by atoms with Crippen molar-refractivity contribution in [3.63, 3.8) is 0 Å². The van der Waals surface area contributed by atoms with Crippen molar-refractivity contribution >= 4 is 29.9 Å². The van der Waals surface area contributed by atoms with Crippen LogP contribution in [0, 0.1) is 5.92 Å². The first-order valence-corrected chi connectivity index (χ1v) is 7.60. The molecule has 0 radical (unpaired) electrons. The summed E-state index contributed by atoms with van der Waals surface area (Å²) in [5.74, 6) is -0.0723. The van der Waals surface area contributed by atoms with Gasteiger partial charge in [0.15, 0.2) is 0 Å². The summed E-state index contributed by atoms with van der Waals surface area (Å²) in [7, 11) is 0. The Hall–Kier alpha value is -1.59. The summed E-state index contributed by atoms with van der Waals surface area (Å²) in [6.07, 6.45) is 2.84. The Morgan fingerprint density at radius 2 is 2.18 bits per heavy atom. The molecule has 0 aromatic heterocycles. The van der Waals surface area contributed by atoms with Gasteiger partial charge in [-0.3, -0.25) is 9.59 Å². The molecule has 0 spiro atoms. The molecule has 22 heavy (non-hydrogen) atoms. The summed E-state index contributed by atoms with van der Waals surface area (Å²) in [5.41, 5.74) is 1.25. The van der Waals surface area contributed by atoms with Crippen molar-refractivity contribution in [1.29, 1.82) is 0 Å². The lowest BCUT2D eigenvalue weighted by Crippen LogP contribution is -2.37. The molecular weight excluding hydrogens is 302 g/mol. The average Bonchev–Trinajstić information content (AvgIpc) is 2.53. The highest BCUT2D eigenvalue weighted by Crippen LogP contribution is 2.15. The molecule has 1 aliphatic heterocycles. The Balaban J connectivity index is 0.00000242. The third-order valence-corrected chi connectivity index (χ3v) is 3.60. The van der Waals surface area contributed by atoms with Crippen molar-refractivity contribution < 1.29 is 9.59 Å². The molecule has 1 fully saturated rings. The predicted octanol–water partition coefficient (Wildman–Crippen LogP) is 2.19. The summed E-state index contributed by atoms with van der Waals surface area (Å²) in [5, 5.41) is 8.96. The van der Waals surface area contributed by atoms with Gasteiger partial charge in [0, 0.05) is 24.3 Å². The van der Waals surface area contributed by atoms with E-state index >= 15 is 0 Å². The van der Waals surface area contributed by atoms with Gasteiger partial charge in [-0.05, 0) is 44.0 Å². The van der Waals surface area contributed by atoms with Gasteiger partial charge < -0.3 is 16.0 Å². The number of hydrogen-bond acceptors (Lipinski definition) is 3. The Kier molecular flexibility index (Phi) is 7.91. The summed E-state index contributed by atoms with van der Waals surface area (Å²) in [6, 6.07) is 7.07. The fourth-order valence-electron chi connectivity index (χ4n) is 2.40. The fraction of sp³-hybridized carbons (Fsp3) is 0.500. The van der Waals surface area contributed by atoms with Crippen LogP contribution in [0.4, 0.5) is 5.69 Å². The molecule has 2 rings (SSSR count). The maximum Gasteiger partial charge on any atom is 0.251 e. The molecule has 5 nitrogen and oxygen atoms in total. The van der Waals surface area contributed by atoms with Crippen molar-refractivity contribution in [2.45, 2.75) is 26.2 Å². The van der Waals surface area contributed by atoms with Crippen molar-refractivity contribution in [3.8, 4) is 0 Å². The zero-order valence-corrected chi connectivity index (χ0v) is 13.7. The van der Waals surface area contributed by atoms with Gasteiger partial charge in [-0.15, -0.1) is 12.4 Å². The highest BCUT2D eigenvalue weighted by atomic mass is 35.5. The SMILES string of the molecule is CCCNC(=O)c1cccc(NC(=O)[C@@H]2CCCNC2)c1.Cl. The van der Waals surface area contributed by atoms with Crippen LogP contribution >= 0.6 is 12.4 Å². The smallest absolute Gasteiger partial charge is 0.251 e. The molecule has 6 heteroatoms. The summed E-state index contributed by atoms with van der Waals surface area (Å²) in [6.45, 7) is 4.37. The molecule has 0 bridgehead atoms. The van der Waals surface area contributed by atoms with Crippen LogP contribution in [0.5, 0.6) is 0 Å². The zero-order valence-electron chi connectivity index (χ0n) is 12.9. The van der Waals surface area contributed by atoms with Crippen LogP contribution in [0.15, 0.2) is 24.3 Å². The Bertz CT molecular complexity index is 502. The molecule has 1 aliphatic rings. The quantitative estimate of drug-likeness (QED) is 0.777. The number of halogens is 1. The highest BCUT2D eigenvalue weighted by molar-refractivity contribution is 5.97. The van der Waals surface area contributed by atoms with E-state index in [-0.39, 0.29) is 30.1 Å². The normalized spacial score (nSPS) is 17.2. The second-order valence-corrected chi connectivity index (χ2v) is 5.37. The first kappa shape index (κ1) is 18.5. The van der Waals surface area contributed by atoms with E-state index in [0.29, 0.717) is 17.8 Å². The standard InChI is InChI=1S/C16H23N3O2.ClH/c1-2-8-18-15(20)12-5-3-7-14(10-12)19-16(21)13-6-4-9-17-11-13;/h3,5,7,10,13,17H,2,4,6,8-9,11H2,1H3,(H,18,20)(H,19,21);1H/t13-;/m1./s1. The molecule has 0 aliphatic carbocycles. The van der Waals surface area contributed by atoms with Crippen molar-refractivity contribution in [2.24, 2.45) is 5.92 Å². The van der Waals surface area contributed by atoms with Crippen molar-refractivity contribution in [3.05, 3.63) is 29.8 Å². The van der Waals surface area contributed by atoms with Gasteiger partial charge in [0.25, 0.3) is 5.91 Å². The van der Waals surface area contributed by atoms with E-state index in [1.54, 1.807) is 18.2 Å². The van der Waals surface area contributed by atoms with Gasteiger partial charge in [0.05, 0.1) is 5.92 Å².